The maximum absolute atomic E-state index is 5.37. The Labute approximate surface area is 151 Å². The monoisotopic (exact) mass is 351 g/mol. The highest BCUT2D eigenvalue weighted by Gasteiger charge is 2.12. The Balaban J connectivity index is 1.51. The van der Waals surface area contributed by atoms with Crippen molar-refractivity contribution in [2.45, 2.75) is 0 Å². The van der Waals surface area contributed by atoms with E-state index in [-0.39, 0.29) is 0 Å². The molecule has 0 aliphatic carbocycles. The maximum atomic E-state index is 5.37. The first kappa shape index (κ1) is 16.6. The smallest absolute Gasteiger partial charge is 0.226 e. The van der Waals surface area contributed by atoms with Gasteiger partial charge in [-0.1, -0.05) is 18.2 Å². The van der Waals surface area contributed by atoms with Crippen LogP contribution in [0.5, 0.6) is 0 Å². The van der Waals surface area contributed by atoms with Gasteiger partial charge in [0.1, 0.15) is 0 Å². The van der Waals surface area contributed by atoms with Crippen LogP contribution in [-0.4, -0.2) is 64.2 Å². The lowest BCUT2D eigenvalue weighted by Crippen LogP contribution is -2.39. The molecule has 0 saturated carbocycles. The number of benzene rings is 1. The molecule has 26 heavy (non-hydrogen) atoms. The number of aromatic nitrogens is 4. The van der Waals surface area contributed by atoms with Gasteiger partial charge >= 0.3 is 0 Å². The number of morpholine rings is 1. The third kappa shape index (κ3) is 4.04. The van der Waals surface area contributed by atoms with Gasteiger partial charge in [-0.3, -0.25) is 4.90 Å². The number of fused-ring (bicyclic) bond motifs is 1. The predicted octanol–water partition coefficient (Wildman–Crippen LogP) is 1.91. The Kier molecular flexibility index (Phi) is 5.13. The maximum Gasteiger partial charge on any atom is 0.226 e. The van der Waals surface area contributed by atoms with Crippen molar-refractivity contribution in [2.75, 3.05) is 50.0 Å². The number of para-hydroxylation sites is 1. The fraction of sp³-hybridized carbons (Fsp3) is 0.333. The van der Waals surface area contributed by atoms with Crippen molar-refractivity contribution in [2.24, 2.45) is 0 Å². The Bertz CT molecular complexity index is 853. The fourth-order valence-electron chi connectivity index (χ4n) is 2.84. The molecule has 1 aliphatic heterocycles. The van der Waals surface area contributed by atoms with E-state index in [1.807, 2.05) is 30.3 Å². The van der Waals surface area contributed by atoms with Gasteiger partial charge in [0.25, 0.3) is 0 Å². The van der Waals surface area contributed by atoms with Gasteiger partial charge in [-0.25, -0.2) is 9.97 Å². The first-order chi connectivity index (χ1) is 12.9. The first-order valence-corrected chi connectivity index (χ1v) is 8.73. The van der Waals surface area contributed by atoms with E-state index in [0.717, 1.165) is 45.1 Å². The van der Waals surface area contributed by atoms with Crippen molar-refractivity contribution in [3.63, 3.8) is 0 Å². The zero-order valence-electron chi connectivity index (χ0n) is 14.4. The Morgan fingerprint density at radius 1 is 1.00 bits per heavy atom. The molecule has 0 amide bonds. The van der Waals surface area contributed by atoms with Crippen molar-refractivity contribution in [1.29, 1.82) is 0 Å². The number of nitrogens with one attached hydrogen (secondary N) is 2. The molecule has 8 heteroatoms. The summed E-state index contributed by atoms with van der Waals surface area (Å²) in [5, 5.41) is 6.60. The molecule has 8 nitrogen and oxygen atoms in total. The SMILES string of the molecule is c1ccc(Nc2nc(NCCN3CCOCC3)nc3nccnc23)cc1. The van der Waals surface area contributed by atoms with Gasteiger partial charge in [-0.15, -0.1) is 0 Å². The summed E-state index contributed by atoms with van der Waals surface area (Å²) in [4.78, 5) is 20.1. The van der Waals surface area contributed by atoms with Gasteiger partial charge in [0.2, 0.25) is 5.95 Å². The van der Waals surface area contributed by atoms with E-state index in [4.69, 9.17) is 4.74 Å². The van der Waals surface area contributed by atoms with E-state index < -0.39 is 0 Å². The molecule has 0 spiro atoms. The Morgan fingerprint density at radius 2 is 1.81 bits per heavy atom. The number of nitrogens with zero attached hydrogens (tertiary/aromatic N) is 5. The summed E-state index contributed by atoms with van der Waals surface area (Å²) in [5.41, 5.74) is 2.15. The normalized spacial score (nSPS) is 15.1. The Morgan fingerprint density at radius 3 is 2.65 bits per heavy atom. The molecule has 1 aliphatic rings. The molecule has 1 aromatic carbocycles. The van der Waals surface area contributed by atoms with Gasteiger partial charge in [0.15, 0.2) is 17.0 Å². The molecule has 3 heterocycles. The van der Waals surface area contributed by atoms with E-state index in [2.05, 4.69) is 35.5 Å². The average Bonchev–Trinajstić information content (AvgIpc) is 2.70. The van der Waals surface area contributed by atoms with E-state index in [1.54, 1.807) is 12.4 Å². The number of anilines is 3. The van der Waals surface area contributed by atoms with Crippen LogP contribution in [0.4, 0.5) is 17.5 Å². The van der Waals surface area contributed by atoms with Gasteiger partial charge in [0.05, 0.1) is 13.2 Å². The van der Waals surface area contributed by atoms with Crippen molar-refractivity contribution in [3.8, 4) is 0 Å². The van der Waals surface area contributed by atoms with Gasteiger partial charge in [0, 0.05) is 44.3 Å². The third-order valence-electron chi connectivity index (χ3n) is 4.18. The highest BCUT2D eigenvalue weighted by Crippen LogP contribution is 2.22. The summed E-state index contributed by atoms with van der Waals surface area (Å²) in [6.07, 6.45) is 3.28. The van der Waals surface area contributed by atoms with Crippen LogP contribution in [0.1, 0.15) is 0 Å². The summed E-state index contributed by atoms with van der Waals surface area (Å²) in [7, 11) is 0. The van der Waals surface area contributed by atoms with Crippen LogP contribution in [0.25, 0.3) is 11.2 Å². The summed E-state index contributed by atoms with van der Waals surface area (Å²) < 4.78 is 5.37. The molecule has 2 aromatic heterocycles. The van der Waals surface area contributed by atoms with Crippen molar-refractivity contribution < 1.29 is 4.74 Å². The fourth-order valence-corrected chi connectivity index (χ4v) is 2.84. The molecular weight excluding hydrogens is 330 g/mol. The molecule has 0 atom stereocenters. The van der Waals surface area contributed by atoms with Gasteiger partial charge in [-0.05, 0) is 12.1 Å². The zero-order chi connectivity index (χ0) is 17.6. The highest BCUT2D eigenvalue weighted by atomic mass is 16.5. The summed E-state index contributed by atoms with van der Waals surface area (Å²) in [5.74, 6) is 1.19. The second kappa shape index (κ2) is 8.03. The van der Waals surface area contributed by atoms with Crippen LogP contribution in [0.15, 0.2) is 42.7 Å². The second-order valence-electron chi connectivity index (χ2n) is 6.00. The number of hydrogen-bond donors (Lipinski definition) is 2. The lowest BCUT2D eigenvalue weighted by atomic mass is 10.3. The van der Waals surface area contributed by atoms with Crippen molar-refractivity contribution >= 4 is 28.6 Å². The lowest BCUT2D eigenvalue weighted by Gasteiger charge is -2.26. The molecule has 4 rings (SSSR count). The van der Waals surface area contributed by atoms with Gasteiger partial charge < -0.3 is 15.4 Å². The standard InChI is InChI=1S/C18H21N7O/c1-2-4-14(5-3-1)22-17-15-16(20-7-6-19-15)23-18(24-17)21-8-9-25-10-12-26-13-11-25/h1-7H,8-13H2,(H2,20,21,22,23,24). The van der Waals surface area contributed by atoms with Crippen molar-refractivity contribution in [1.82, 2.24) is 24.8 Å². The third-order valence-corrected chi connectivity index (χ3v) is 4.18. The van der Waals surface area contributed by atoms with E-state index in [1.165, 1.54) is 0 Å². The van der Waals surface area contributed by atoms with Crippen LogP contribution in [-0.2, 0) is 4.74 Å². The van der Waals surface area contributed by atoms with E-state index >= 15 is 0 Å². The molecule has 0 radical (unpaired) electrons. The second-order valence-corrected chi connectivity index (χ2v) is 6.00. The molecule has 0 unspecified atom stereocenters. The quantitative estimate of drug-likeness (QED) is 0.696. The first-order valence-electron chi connectivity index (χ1n) is 8.73. The van der Waals surface area contributed by atoms with E-state index in [0.29, 0.717) is 22.9 Å². The lowest BCUT2D eigenvalue weighted by molar-refractivity contribution is 0.0398. The summed E-state index contributed by atoms with van der Waals surface area (Å²) >= 11 is 0. The molecule has 0 bridgehead atoms. The van der Waals surface area contributed by atoms with Gasteiger partial charge in [-0.2, -0.15) is 9.97 Å². The largest absolute Gasteiger partial charge is 0.379 e. The summed E-state index contributed by atoms with van der Waals surface area (Å²) in [6, 6.07) is 9.88. The minimum absolute atomic E-state index is 0.546. The van der Waals surface area contributed by atoms with Crippen LogP contribution in [0.3, 0.4) is 0 Å². The Hall–Kier alpha value is -2.84. The van der Waals surface area contributed by atoms with Crippen molar-refractivity contribution in [3.05, 3.63) is 42.7 Å². The predicted molar refractivity (Wildman–Crippen MR) is 101 cm³/mol. The number of ether oxygens (including phenoxy) is 1. The van der Waals surface area contributed by atoms with Crippen LogP contribution in [0, 0.1) is 0 Å². The minimum Gasteiger partial charge on any atom is -0.379 e. The molecule has 1 fully saturated rings. The topological polar surface area (TPSA) is 88.1 Å². The average molecular weight is 351 g/mol. The summed E-state index contributed by atoms with van der Waals surface area (Å²) in [6.45, 7) is 5.21. The molecule has 2 N–H and O–H groups in total. The van der Waals surface area contributed by atoms with E-state index in [9.17, 15) is 0 Å². The minimum atomic E-state index is 0.546. The van der Waals surface area contributed by atoms with Crippen LogP contribution in [0.2, 0.25) is 0 Å². The number of hydrogen-bond acceptors (Lipinski definition) is 8. The van der Waals surface area contributed by atoms with Crippen LogP contribution < -0.4 is 10.6 Å². The van der Waals surface area contributed by atoms with Crippen LogP contribution >= 0.6 is 0 Å². The molecular formula is C18H21N7O. The molecule has 3 aromatic rings. The zero-order valence-corrected chi connectivity index (χ0v) is 14.4. The number of rotatable bonds is 6. The molecule has 134 valence electrons. The highest BCUT2D eigenvalue weighted by molar-refractivity contribution is 5.85. The molecule has 1 saturated heterocycles.